The fourth-order valence-electron chi connectivity index (χ4n) is 2.14. The Morgan fingerprint density at radius 1 is 0.952 bits per heavy atom. The number of hydrogen-bond acceptors (Lipinski definition) is 6. The molecule has 0 atom stereocenters. The van der Waals surface area contributed by atoms with Crippen molar-refractivity contribution < 1.29 is 0 Å². The Labute approximate surface area is 132 Å². The number of likely N-dealkylation sites (N-methyl/N-ethyl adjacent to an activating group) is 1. The van der Waals surface area contributed by atoms with Gasteiger partial charge in [-0.05, 0) is 45.0 Å². The lowest BCUT2D eigenvalue weighted by molar-refractivity contribution is 0.300. The van der Waals surface area contributed by atoms with E-state index < -0.39 is 0 Å². The molecule has 120 valence electrons. The van der Waals surface area contributed by atoms with Crippen LogP contribution >= 0.6 is 11.6 Å². The molecule has 0 saturated carbocycles. The van der Waals surface area contributed by atoms with Crippen LogP contribution in [0.15, 0.2) is 0 Å². The van der Waals surface area contributed by atoms with E-state index in [0.717, 1.165) is 45.7 Å². The van der Waals surface area contributed by atoms with Gasteiger partial charge in [-0.3, -0.25) is 0 Å². The van der Waals surface area contributed by atoms with Gasteiger partial charge in [0.1, 0.15) is 0 Å². The molecule has 0 aliphatic rings. The van der Waals surface area contributed by atoms with Gasteiger partial charge < -0.3 is 15.1 Å². The molecule has 6 nitrogen and oxygen atoms in total. The number of anilines is 2. The molecule has 0 aromatic carbocycles. The first-order valence-electron chi connectivity index (χ1n) is 7.77. The third-order valence-electron chi connectivity index (χ3n) is 3.34. The summed E-state index contributed by atoms with van der Waals surface area (Å²) >= 11 is 5.99. The smallest absolute Gasteiger partial charge is 0.231 e. The van der Waals surface area contributed by atoms with Gasteiger partial charge in [0.15, 0.2) is 0 Å². The fourth-order valence-corrected chi connectivity index (χ4v) is 2.29. The second-order valence-electron chi connectivity index (χ2n) is 4.76. The highest BCUT2D eigenvalue weighted by atomic mass is 35.5. The standard InChI is InChI=1S/C14H27ClN6/c1-5-10-20(6-2)11-9-16-13-17-12(15)18-14(19-13)21(7-3)8-4/h5-11H2,1-4H3,(H,16,17,18,19). The van der Waals surface area contributed by atoms with Crippen molar-refractivity contribution in [2.45, 2.75) is 34.1 Å². The molecule has 1 aromatic rings. The number of nitrogens with zero attached hydrogens (tertiary/aromatic N) is 5. The first-order chi connectivity index (χ1) is 10.1. The summed E-state index contributed by atoms with van der Waals surface area (Å²) in [5.41, 5.74) is 0. The van der Waals surface area contributed by atoms with Crippen LogP contribution in [-0.2, 0) is 0 Å². The van der Waals surface area contributed by atoms with Crippen molar-refractivity contribution in [2.24, 2.45) is 0 Å². The minimum absolute atomic E-state index is 0.232. The van der Waals surface area contributed by atoms with Crippen LogP contribution in [0.4, 0.5) is 11.9 Å². The third-order valence-corrected chi connectivity index (χ3v) is 3.51. The van der Waals surface area contributed by atoms with Crippen LogP contribution in [0.5, 0.6) is 0 Å². The van der Waals surface area contributed by atoms with Crippen molar-refractivity contribution >= 4 is 23.5 Å². The SMILES string of the molecule is CCCN(CC)CCNc1nc(Cl)nc(N(CC)CC)n1. The molecule has 21 heavy (non-hydrogen) atoms. The van der Waals surface area contributed by atoms with E-state index in [1.54, 1.807) is 0 Å². The Bertz CT molecular complexity index is 410. The van der Waals surface area contributed by atoms with E-state index >= 15 is 0 Å². The molecule has 7 heteroatoms. The topological polar surface area (TPSA) is 57.2 Å². The molecular formula is C14H27ClN6. The van der Waals surface area contributed by atoms with Crippen molar-refractivity contribution in [1.82, 2.24) is 19.9 Å². The predicted octanol–water partition coefficient (Wildman–Crippen LogP) is 2.52. The number of nitrogens with one attached hydrogen (secondary N) is 1. The van der Waals surface area contributed by atoms with Crippen LogP contribution in [0.2, 0.25) is 5.28 Å². The van der Waals surface area contributed by atoms with Crippen LogP contribution in [0, 0.1) is 0 Å². The van der Waals surface area contributed by atoms with Gasteiger partial charge in [0.2, 0.25) is 17.2 Å². The summed E-state index contributed by atoms with van der Waals surface area (Å²) in [5, 5.41) is 3.47. The number of aromatic nitrogens is 3. The van der Waals surface area contributed by atoms with E-state index in [-0.39, 0.29) is 5.28 Å². The second-order valence-corrected chi connectivity index (χ2v) is 5.10. The lowest BCUT2D eigenvalue weighted by Crippen LogP contribution is -2.30. The highest BCUT2D eigenvalue weighted by molar-refractivity contribution is 6.28. The lowest BCUT2D eigenvalue weighted by Gasteiger charge is -2.20. The molecule has 0 unspecified atom stereocenters. The van der Waals surface area contributed by atoms with E-state index in [4.69, 9.17) is 11.6 Å². The summed E-state index contributed by atoms with van der Waals surface area (Å²) in [6.07, 6.45) is 1.16. The third kappa shape index (κ3) is 6.01. The molecule has 0 bridgehead atoms. The Morgan fingerprint density at radius 3 is 2.24 bits per heavy atom. The summed E-state index contributed by atoms with van der Waals surface area (Å²) < 4.78 is 0. The van der Waals surface area contributed by atoms with E-state index in [1.807, 2.05) is 4.90 Å². The van der Waals surface area contributed by atoms with Crippen LogP contribution in [0.1, 0.15) is 34.1 Å². The predicted molar refractivity (Wildman–Crippen MR) is 89.3 cm³/mol. The normalized spacial score (nSPS) is 11.0. The van der Waals surface area contributed by atoms with Crippen molar-refractivity contribution in [3.63, 3.8) is 0 Å². The average Bonchev–Trinajstić information content (AvgIpc) is 2.47. The van der Waals surface area contributed by atoms with Gasteiger partial charge >= 0.3 is 0 Å². The first kappa shape index (κ1) is 17.9. The van der Waals surface area contributed by atoms with Crippen molar-refractivity contribution in [3.8, 4) is 0 Å². The zero-order chi connectivity index (χ0) is 15.7. The molecule has 0 fully saturated rings. The molecule has 0 saturated heterocycles. The van der Waals surface area contributed by atoms with Crippen LogP contribution in [0.25, 0.3) is 0 Å². The van der Waals surface area contributed by atoms with Gasteiger partial charge in [0.25, 0.3) is 0 Å². The zero-order valence-corrected chi connectivity index (χ0v) is 14.3. The van der Waals surface area contributed by atoms with Gasteiger partial charge in [-0.1, -0.05) is 13.8 Å². The molecule has 0 amide bonds. The van der Waals surface area contributed by atoms with E-state index in [1.165, 1.54) is 0 Å². The first-order valence-corrected chi connectivity index (χ1v) is 8.15. The minimum atomic E-state index is 0.232. The molecule has 1 N–H and O–H groups in total. The molecule has 1 heterocycles. The maximum Gasteiger partial charge on any atom is 0.231 e. The van der Waals surface area contributed by atoms with E-state index in [9.17, 15) is 0 Å². The van der Waals surface area contributed by atoms with Crippen molar-refractivity contribution in [3.05, 3.63) is 5.28 Å². The summed E-state index contributed by atoms with van der Waals surface area (Å²) in [7, 11) is 0. The van der Waals surface area contributed by atoms with Gasteiger partial charge in [-0.15, -0.1) is 0 Å². The summed E-state index contributed by atoms with van der Waals surface area (Å²) in [6, 6.07) is 0. The Kier molecular flexibility index (Phi) is 8.30. The van der Waals surface area contributed by atoms with Crippen LogP contribution < -0.4 is 10.2 Å². The van der Waals surface area contributed by atoms with Crippen molar-refractivity contribution in [1.29, 1.82) is 0 Å². The highest BCUT2D eigenvalue weighted by Crippen LogP contribution is 2.13. The molecule has 0 radical (unpaired) electrons. The maximum absolute atomic E-state index is 5.99. The lowest BCUT2D eigenvalue weighted by atomic mass is 10.4. The Hall–Kier alpha value is -1.14. The maximum atomic E-state index is 5.99. The minimum Gasteiger partial charge on any atom is -0.353 e. The van der Waals surface area contributed by atoms with Gasteiger partial charge in [-0.25, -0.2) is 0 Å². The molecule has 0 spiro atoms. The van der Waals surface area contributed by atoms with E-state index in [2.05, 4.69) is 52.9 Å². The quantitative estimate of drug-likeness (QED) is 0.716. The Morgan fingerprint density at radius 2 is 1.67 bits per heavy atom. The van der Waals surface area contributed by atoms with Crippen LogP contribution in [-0.4, -0.2) is 59.1 Å². The largest absolute Gasteiger partial charge is 0.353 e. The number of rotatable bonds is 10. The van der Waals surface area contributed by atoms with Gasteiger partial charge in [0.05, 0.1) is 0 Å². The molecule has 0 aliphatic heterocycles. The summed E-state index contributed by atoms with van der Waals surface area (Å²) in [4.78, 5) is 17.2. The van der Waals surface area contributed by atoms with E-state index in [0.29, 0.717) is 11.9 Å². The summed E-state index contributed by atoms with van der Waals surface area (Å²) in [6.45, 7) is 14.1. The monoisotopic (exact) mass is 314 g/mol. The second kappa shape index (κ2) is 9.73. The van der Waals surface area contributed by atoms with Crippen LogP contribution in [0.3, 0.4) is 0 Å². The molecule has 0 aliphatic carbocycles. The molecular weight excluding hydrogens is 288 g/mol. The highest BCUT2D eigenvalue weighted by Gasteiger charge is 2.10. The zero-order valence-electron chi connectivity index (χ0n) is 13.6. The summed E-state index contributed by atoms with van der Waals surface area (Å²) in [5.74, 6) is 1.17. The van der Waals surface area contributed by atoms with Crippen molar-refractivity contribution in [2.75, 3.05) is 49.5 Å². The Balaban J connectivity index is 2.62. The van der Waals surface area contributed by atoms with Gasteiger partial charge in [-0.2, -0.15) is 15.0 Å². The molecule has 1 rings (SSSR count). The number of halogens is 1. The number of hydrogen-bond donors (Lipinski definition) is 1. The van der Waals surface area contributed by atoms with Gasteiger partial charge in [0, 0.05) is 26.2 Å². The molecule has 1 aromatic heterocycles. The fraction of sp³-hybridized carbons (Fsp3) is 0.786. The average molecular weight is 315 g/mol.